The maximum atomic E-state index is 6.16. The third-order valence-corrected chi connectivity index (χ3v) is 3.46. The lowest BCUT2D eigenvalue weighted by Gasteiger charge is -2.50. The summed E-state index contributed by atoms with van der Waals surface area (Å²) in [6.45, 7) is 18.8. The normalized spacial score (nSPS) is 24.6. The lowest BCUT2D eigenvalue weighted by atomic mass is 9.97. The first kappa shape index (κ1) is 17.9. The maximum absolute atomic E-state index is 6.16. The van der Waals surface area contributed by atoms with Gasteiger partial charge in [-0.3, -0.25) is 4.90 Å². The summed E-state index contributed by atoms with van der Waals surface area (Å²) in [5, 5.41) is 3.60. The van der Waals surface area contributed by atoms with Crippen LogP contribution in [0.15, 0.2) is 0 Å². The zero-order valence-electron chi connectivity index (χ0n) is 14.7. The van der Waals surface area contributed by atoms with Gasteiger partial charge in [0.25, 0.3) is 0 Å². The molecule has 0 aliphatic carbocycles. The molecule has 0 aromatic carbocycles. The van der Waals surface area contributed by atoms with Crippen molar-refractivity contribution in [1.82, 2.24) is 10.2 Å². The van der Waals surface area contributed by atoms with E-state index in [9.17, 15) is 0 Å². The second-order valence-electron chi connectivity index (χ2n) is 8.27. The Balaban J connectivity index is 2.74. The topological polar surface area (TPSA) is 33.7 Å². The minimum atomic E-state index is -0.116. The van der Waals surface area contributed by atoms with Crippen molar-refractivity contribution in [1.29, 1.82) is 0 Å². The van der Waals surface area contributed by atoms with Gasteiger partial charge in [-0.25, -0.2) is 0 Å². The van der Waals surface area contributed by atoms with Gasteiger partial charge in [0.1, 0.15) is 0 Å². The second-order valence-corrected chi connectivity index (χ2v) is 8.27. The molecule has 0 aromatic heterocycles. The summed E-state index contributed by atoms with van der Waals surface area (Å²) < 4.78 is 11.6. The van der Waals surface area contributed by atoms with Crippen molar-refractivity contribution in [2.45, 2.75) is 71.2 Å². The Kier molecular flexibility index (Phi) is 5.64. The summed E-state index contributed by atoms with van der Waals surface area (Å²) in [4.78, 5) is 2.51. The van der Waals surface area contributed by atoms with Gasteiger partial charge in [-0.05, 0) is 48.5 Å². The van der Waals surface area contributed by atoms with Crippen LogP contribution in [0.3, 0.4) is 0 Å². The summed E-state index contributed by atoms with van der Waals surface area (Å²) in [5.74, 6) is 0. The number of rotatable bonds is 5. The van der Waals surface area contributed by atoms with Crippen molar-refractivity contribution >= 4 is 0 Å². The number of nitrogens with zero attached hydrogens (tertiary/aromatic N) is 1. The van der Waals surface area contributed by atoms with E-state index in [-0.39, 0.29) is 16.7 Å². The van der Waals surface area contributed by atoms with E-state index in [0.717, 1.165) is 26.2 Å². The molecule has 0 spiro atoms. The monoisotopic (exact) mass is 286 g/mol. The number of morpholine rings is 1. The SMILES string of the molecule is COCC(CNC(C)(C)C)N1CC(C)(C)OC(C)(C)C1. The molecule has 0 saturated carbocycles. The molecule has 0 amide bonds. The van der Waals surface area contributed by atoms with Gasteiger partial charge >= 0.3 is 0 Å². The van der Waals surface area contributed by atoms with Crippen LogP contribution in [0.25, 0.3) is 0 Å². The molecule has 1 aliphatic rings. The summed E-state index contributed by atoms with van der Waals surface area (Å²) in [6, 6.07) is 0.377. The fourth-order valence-electron chi connectivity index (χ4n) is 3.01. The highest BCUT2D eigenvalue weighted by Crippen LogP contribution is 2.29. The molecule has 1 atom stereocenters. The Morgan fingerprint density at radius 3 is 2.05 bits per heavy atom. The summed E-state index contributed by atoms with van der Waals surface area (Å²) >= 11 is 0. The van der Waals surface area contributed by atoms with Crippen LogP contribution >= 0.6 is 0 Å². The molecule has 1 rings (SSSR count). The van der Waals surface area contributed by atoms with Crippen LogP contribution < -0.4 is 5.32 Å². The van der Waals surface area contributed by atoms with Crippen LogP contribution in [-0.4, -0.2) is 61.0 Å². The summed E-state index contributed by atoms with van der Waals surface area (Å²) in [6.07, 6.45) is 0. The average molecular weight is 286 g/mol. The second kappa shape index (κ2) is 6.30. The molecule has 4 nitrogen and oxygen atoms in total. The van der Waals surface area contributed by atoms with Gasteiger partial charge in [0.05, 0.1) is 17.8 Å². The molecule has 1 fully saturated rings. The smallest absolute Gasteiger partial charge is 0.0760 e. The highest BCUT2D eigenvalue weighted by atomic mass is 16.5. The van der Waals surface area contributed by atoms with Gasteiger partial charge in [0.2, 0.25) is 0 Å². The molecule has 0 bridgehead atoms. The van der Waals surface area contributed by atoms with E-state index in [1.807, 2.05) is 0 Å². The first-order valence-electron chi connectivity index (χ1n) is 7.62. The molecule has 120 valence electrons. The van der Waals surface area contributed by atoms with Crippen LogP contribution in [0.2, 0.25) is 0 Å². The highest BCUT2D eigenvalue weighted by molar-refractivity contribution is 4.93. The zero-order chi connectivity index (χ0) is 15.6. The molecule has 1 aliphatic heterocycles. The molecule has 1 unspecified atom stereocenters. The van der Waals surface area contributed by atoms with Crippen molar-refractivity contribution in [3.8, 4) is 0 Å². The molecule has 1 N–H and O–H groups in total. The largest absolute Gasteiger partial charge is 0.383 e. The lowest BCUT2D eigenvalue weighted by Crippen LogP contribution is -2.62. The molecular formula is C16H34N2O2. The number of hydrogen-bond donors (Lipinski definition) is 1. The van der Waals surface area contributed by atoms with Crippen LogP contribution in [0, 0.1) is 0 Å². The Bertz CT molecular complexity index is 292. The van der Waals surface area contributed by atoms with Crippen molar-refractivity contribution in [3.63, 3.8) is 0 Å². The van der Waals surface area contributed by atoms with Gasteiger partial charge in [0, 0.05) is 38.3 Å². The standard InChI is InChI=1S/C16H34N2O2/c1-14(2,3)17-9-13(10-19-8)18-11-15(4,5)20-16(6,7)12-18/h13,17H,9-12H2,1-8H3. The predicted molar refractivity (Wildman–Crippen MR) is 84.2 cm³/mol. The summed E-state index contributed by atoms with van der Waals surface area (Å²) in [7, 11) is 1.78. The van der Waals surface area contributed by atoms with Gasteiger partial charge in [-0.1, -0.05) is 0 Å². The number of nitrogens with one attached hydrogen (secondary N) is 1. The predicted octanol–water partition coefficient (Wildman–Crippen LogP) is 2.28. The Morgan fingerprint density at radius 2 is 1.65 bits per heavy atom. The van der Waals surface area contributed by atoms with Gasteiger partial charge in [-0.15, -0.1) is 0 Å². The van der Waals surface area contributed by atoms with Crippen LogP contribution in [0.4, 0.5) is 0 Å². The quantitative estimate of drug-likeness (QED) is 0.841. The molecule has 1 saturated heterocycles. The minimum Gasteiger partial charge on any atom is -0.383 e. The zero-order valence-corrected chi connectivity index (χ0v) is 14.7. The first-order chi connectivity index (χ1) is 8.94. The van der Waals surface area contributed by atoms with E-state index < -0.39 is 0 Å². The third kappa shape index (κ3) is 6.08. The molecule has 0 radical (unpaired) electrons. The van der Waals surface area contributed by atoms with Gasteiger partial charge in [-0.2, -0.15) is 0 Å². The lowest BCUT2D eigenvalue weighted by molar-refractivity contribution is -0.190. The third-order valence-electron chi connectivity index (χ3n) is 3.46. The van der Waals surface area contributed by atoms with E-state index in [2.05, 4.69) is 58.7 Å². The first-order valence-corrected chi connectivity index (χ1v) is 7.62. The Labute approximate surface area is 125 Å². The minimum absolute atomic E-state index is 0.116. The molecule has 1 heterocycles. The highest BCUT2D eigenvalue weighted by Gasteiger charge is 2.40. The van der Waals surface area contributed by atoms with E-state index in [1.54, 1.807) is 7.11 Å². The van der Waals surface area contributed by atoms with Crippen LogP contribution in [0.5, 0.6) is 0 Å². The maximum Gasteiger partial charge on any atom is 0.0760 e. The van der Waals surface area contributed by atoms with Gasteiger partial charge < -0.3 is 14.8 Å². The number of hydrogen-bond acceptors (Lipinski definition) is 4. The number of ether oxygens (including phenoxy) is 2. The van der Waals surface area contributed by atoms with Crippen molar-refractivity contribution in [2.75, 3.05) is 33.4 Å². The van der Waals surface area contributed by atoms with Crippen LogP contribution in [0.1, 0.15) is 48.5 Å². The molecular weight excluding hydrogens is 252 g/mol. The Hall–Kier alpha value is -0.160. The van der Waals surface area contributed by atoms with Crippen molar-refractivity contribution in [3.05, 3.63) is 0 Å². The van der Waals surface area contributed by atoms with E-state index in [1.165, 1.54) is 0 Å². The van der Waals surface area contributed by atoms with Crippen molar-refractivity contribution in [2.24, 2.45) is 0 Å². The molecule has 4 heteroatoms. The average Bonchev–Trinajstić information content (AvgIpc) is 2.18. The van der Waals surface area contributed by atoms with E-state index in [0.29, 0.717) is 6.04 Å². The van der Waals surface area contributed by atoms with Crippen molar-refractivity contribution < 1.29 is 9.47 Å². The van der Waals surface area contributed by atoms with E-state index >= 15 is 0 Å². The summed E-state index contributed by atoms with van der Waals surface area (Å²) in [5.41, 5.74) is -0.103. The molecule has 20 heavy (non-hydrogen) atoms. The Morgan fingerprint density at radius 1 is 1.15 bits per heavy atom. The van der Waals surface area contributed by atoms with E-state index in [4.69, 9.17) is 9.47 Å². The number of methoxy groups -OCH3 is 1. The van der Waals surface area contributed by atoms with Gasteiger partial charge in [0.15, 0.2) is 0 Å². The van der Waals surface area contributed by atoms with Crippen LogP contribution in [-0.2, 0) is 9.47 Å². The fraction of sp³-hybridized carbons (Fsp3) is 1.00. The fourth-order valence-corrected chi connectivity index (χ4v) is 3.01. The molecule has 0 aromatic rings.